The van der Waals surface area contributed by atoms with E-state index in [9.17, 15) is 19.7 Å². The predicted octanol–water partition coefficient (Wildman–Crippen LogP) is 4.17. The number of hydrogen-bond donors (Lipinski definition) is 2. The molecule has 3 aromatic rings. The minimum absolute atomic E-state index is 0.156. The third kappa shape index (κ3) is 5.34. The van der Waals surface area contributed by atoms with E-state index in [1.165, 1.54) is 23.6 Å². The average molecular weight is 600 g/mol. The molecule has 198 valence electrons. The Labute approximate surface area is 231 Å². The van der Waals surface area contributed by atoms with Gasteiger partial charge in [-0.05, 0) is 25.0 Å². The maximum atomic E-state index is 13.7. The van der Waals surface area contributed by atoms with Crippen LogP contribution < -0.4 is 10.6 Å². The Balaban J connectivity index is 1.40. The topological polar surface area (TPSA) is 134 Å². The molecule has 4 heterocycles. The first kappa shape index (κ1) is 26.0. The summed E-state index contributed by atoms with van der Waals surface area (Å²) in [5.41, 5.74) is 4.20. The summed E-state index contributed by atoms with van der Waals surface area (Å²) in [7, 11) is 1.76. The van der Waals surface area contributed by atoms with Gasteiger partial charge in [-0.2, -0.15) is 0 Å². The van der Waals surface area contributed by atoms with Crippen molar-refractivity contribution in [3.63, 3.8) is 0 Å². The molecule has 1 unspecified atom stereocenters. The molecule has 2 aromatic heterocycles. The molecule has 0 aliphatic carbocycles. The molecule has 1 fully saturated rings. The molecule has 0 bridgehead atoms. The van der Waals surface area contributed by atoms with Crippen LogP contribution in [0.4, 0.5) is 17.1 Å². The average Bonchev–Trinajstić information content (AvgIpc) is 3.41. The van der Waals surface area contributed by atoms with Gasteiger partial charge < -0.3 is 20.4 Å². The number of thiazole rings is 1. The van der Waals surface area contributed by atoms with Crippen LogP contribution in [0.2, 0.25) is 0 Å². The van der Waals surface area contributed by atoms with Gasteiger partial charge in [-0.15, -0.1) is 11.3 Å². The van der Waals surface area contributed by atoms with Crippen molar-refractivity contribution in [1.82, 2.24) is 19.8 Å². The number of nitrogens with zero attached hydrogens (tertiary/aromatic N) is 5. The standard InChI is InChI=1S/C25H26BrN7O4S/c1-27-18-7-15(10-28-11-18)24(34)31-5-2-3-17(12-31)30-23-19(8-16(26)9-21(23)33(36)37)25(35)32-6-4-20-22(13-32)38-14-29-20/h7-11,14,17,27,30H,2-6,12-13H2,1H3. The lowest BCUT2D eigenvalue weighted by Crippen LogP contribution is -2.45. The predicted molar refractivity (Wildman–Crippen MR) is 148 cm³/mol. The highest BCUT2D eigenvalue weighted by molar-refractivity contribution is 9.10. The van der Waals surface area contributed by atoms with Crippen LogP contribution in [0, 0.1) is 10.1 Å². The largest absolute Gasteiger partial charge is 0.387 e. The number of piperidine rings is 1. The normalized spacial score (nSPS) is 17.1. The Hall–Kier alpha value is -3.58. The second-order valence-corrected chi connectivity index (χ2v) is 11.1. The lowest BCUT2D eigenvalue weighted by molar-refractivity contribution is -0.384. The Kier molecular flexibility index (Phi) is 7.56. The van der Waals surface area contributed by atoms with Crippen molar-refractivity contribution >= 4 is 56.1 Å². The first-order chi connectivity index (χ1) is 18.3. The first-order valence-electron chi connectivity index (χ1n) is 12.2. The van der Waals surface area contributed by atoms with E-state index < -0.39 is 4.92 Å². The molecular formula is C25H26BrN7O4S. The fourth-order valence-electron chi connectivity index (χ4n) is 4.88. The number of fused-ring (bicyclic) bond motifs is 1. The van der Waals surface area contributed by atoms with E-state index in [2.05, 4.69) is 36.5 Å². The van der Waals surface area contributed by atoms with Crippen molar-refractivity contribution in [3.05, 3.63) is 72.4 Å². The molecule has 2 amide bonds. The summed E-state index contributed by atoms with van der Waals surface area (Å²) in [6.07, 6.45) is 5.24. The Morgan fingerprint density at radius 3 is 2.82 bits per heavy atom. The minimum atomic E-state index is -0.484. The monoisotopic (exact) mass is 599 g/mol. The number of nitrogens with one attached hydrogen (secondary N) is 2. The summed E-state index contributed by atoms with van der Waals surface area (Å²) in [5, 5.41) is 18.3. The highest BCUT2D eigenvalue weighted by Crippen LogP contribution is 2.36. The number of carbonyl (C=O) groups is 2. The van der Waals surface area contributed by atoms with Crippen LogP contribution in [0.5, 0.6) is 0 Å². The summed E-state index contributed by atoms with van der Waals surface area (Å²) >= 11 is 4.85. The van der Waals surface area contributed by atoms with E-state index >= 15 is 0 Å². The molecule has 11 nitrogen and oxygen atoms in total. The SMILES string of the molecule is CNc1cncc(C(=O)N2CCCC(Nc3c(C(=O)N4CCc5ncsc5C4)cc(Br)cc3[N+](=O)[O-])C2)c1. The molecule has 2 N–H and O–H groups in total. The maximum Gasteiger partial charge on any atom is 0.294 e. The Morgan fingerprint density at radius 2 is 2.03 bits per heavy atom. The molecular weight excluding hydrogens is 574 g/mol. The van der Waals surface area contributed by atoms with Crippen molar-refractivity contribution in [2.75, 3.05) is 37.3 Å². The molecule has 0 spiro atoms. The lowest BCUT2D eigenvalue weighted by atomic mass is 10.0. The number of pyridine rings is 1. The van der Waals surface area contributed by atoms with Crippen LogP contribution in [-0.4, -0.2) is 69.2 Å². The smallest absolute Gasteiger partial charge is 0.294 e. The van der Waals surface area contributed by atoms with E-state index in [4.69, 9.17) is 0 Å². The van der Waals surface area contributed by atoms with Crippen LogP contribution in [0.15, 0.2) is 40.6 Å². The molecule has 38 heavy (non-hydrogen) atoms. The summed E-state index contributed by atoms with van der Waals surface area (Å²) in [6.45, 7) is 1.82. The van der Waals surface area contributed by atoms with Crippen molar-refractivity contribution in [1.29, 1.82) is 0 Å². The van der Waals surface area contributed by atoms with Gasteiger partial charge in [0, 0.05) is 67.0 Å². The van der Waals surface area contributed by atoms with Crippen LogP contribution in [0.3, 0.4) is 0 Å². The van der Waals surface area contributed by atoms with Crippen molar-refractivity contribution in [2.24, 2.45) is 0 Å². The van der Waals surface area contributed by atoms with E-state index in [0.29, 0.717) is 49.1 Å². The van der Waals surface area contributed by atoms with Gasteiger partial charge in [0.15, 0.2) is 0 Å². The Bertz CT molecular complexity index is 1400. The highest BCUT2D eigenvalue weighted by atomic mass is 79.9. The number of anilines is 2. The first-order valence-corrected chi connectivity index (χ1v) is 13.9. The summed E-state index contributed by atoms with van der Waals surface area (Å²) in [6, 6.07) is 4.50. The second-order valence-electron chi connectivity index (χ2n) is 9.25. The Morgan fingerprint density at radius 1 is 1.18 bits per heavy atom. The zero-order valence-corrected chi connectivity index (χ0v) is 23.0. The number of likely N-dealkylation sites (tertiary alicyclic amines) is 1. The molecule has 13 heteroatoms. The quantitative estimate of drug-likeness (QED) is 0.318. The van der Waals surface area contributed by atoms with Crippen LogP contribution in [0.25, 0.3) is 0 Å². The highest BCUT2D eigenvalue weighted by Gasteiger charge is 2.32. The number of hydrogen-bond acceptors (Lipinski definition) is 9. The van der Waals surface area contributed by atoms with Gasteiger partial charge in [0.1, 0.15) is 5.69 Å². The summed E-state index contributed by atoms with van der Waals surface area (Å²) < 4.78 is 0.450. The zero-order chi connectivity index (χ0) is 26.8. The van der Waals surface area contributed by atoms with Gasteiger partial charge in [-0.1, -0.05) is 15.9 Å². The molecule has 1 aromatic carbocycles. The van der Waals surface area contributed by atoms with E-state index in [0.717, 1.165) is 22.7 Å². The third-order valence-corrected chi connectivity index (χ3v) is 8.12. The number of amides is 2. The third-order valence-electron chi connectivity index (χ3n) is 6.81. The van der Waals surface area contributed by atoms with Gasteiger partial charge in [0.05, 0.1) is 39.5 Å². The van der Waals surface area contributed by atoms with Gasteiger partial charge in [0.2, 0.25) is 0 Å². The number of rotatable bonds is 6. The van der Waals surface area contributed by atoms with Crippen LogP contribution >= 0.6 is 27.3 Å². The van der Waals surface area contributed by atoms with E-state index in [1.54, 1.807) is 40.7 Å². The lowest BCUT2D eigenvalue weighted by Gasteiger charge is -2.34. The number of nitro groups is 1. The number of nitro benzene ring substituents is 1. The van der Waals surface area contributed by atoms with Crippen molar-refractivity contribution in [2.45, 2.75) is 31.8 Å². The molecule has 2 aliphatic rings. The van der Waals surface area contributed by atoms with Crippen LogP contribution in [-0.2, 0) is 13.0 Å². The second kappa shape index (κ2) is 11.0. The van der Waals surface area contributed by atoms with Crippen LogP contribution in [0.1, 0.15) is 44.1 Å². The number of halogens is 1. The molecule has 1 atom stereocenters. The number of carbonyl (C=O) groups excluding carboxylic acids is 2. The van der Waals surface area contributed by atoms with E-state index in [-0.39, 0.29) is 34.8 Å². The van der Waals surface area contributed by atoms with Crippen molar-refractivity contribution < 1.29 is 14.5 Å². The van der Waals surface area contributed by atoms with Gasteiger partial charge in [0.25, 0.3) is 17.5 Å². The fourth-order valence-corrected chi connectivity index (χ4v) is 6.15. The minimum Gasteiger partial charge on any atom is -0.387 e. The number of aromatic nitrogens is 2. The molecule has 0 saturated carbocycles. The molecule has 0 radical (unpaired) electrons. The molecule has 1 saturated heterocycles. The van der Waals surface area contributed by atoms with Crippen molar-refractivity contribution in [3.8, 4) is 0 Å². The maximum absolute atomic E-state index is 13.7. The summed E-state index contributed by atoms with van der Waals surface area (Å²) in [4.78, 5) is 51.4. The van der Waals surface area contributed by atoms with Gasteiger partial charge >= 0.3 is 0 Å². The van der Waals surface area contributed by atoms with Gasteiger partial charge in [-0.25, -0.2) is 4.98 Å². The zero-order valence-electron chi connectivity index (χ0n) is 20.6. The molecule has 5 rings (SSSR count). The summed E-state index contributed by atoms with van der Waals surface area (Å²) in [5.74, 6) is -0.439. The number of benzene rings is 1. The fraction of sp³-hybridized carbons (Fsp3) is 0.360. The van der Waals surface area contributed by atoms with Gasteiger partial charge in [-0.3, -0.25) is 24.7 Å². The molecule has 2 aliphatic heterocycles. The van der Waals surface area contributed by atoms with E-state index in [1.807, 2.05) is 0 Å².